The molecule has 19 heavy (non-hydrogen) atoms. The van der Waals surface area contributed by atoms with E-state index in [1.165, 1.54) is 5.56 Å². The molecular weight excluding hydrogens is 236 g/mol. The third kappa shape index (κ3) is 2.92. The predicted octanol–water partition coefficient (Wildman–Crippen LogP) is 2.09. The van der Waals surface area contributed by atoms with Crippen molar-refractivity contribution in [1.29, 1.82) is 0 Å². The minimum Gasteiger partial charge on any atom is -0.383 e. The van der Waals surface area contributed by atoms with Crippen LogP contribution in [0.15, 0.2) is 36.5 Å². The number of aryl methyl sites for hydroxylation is 2. The van der Waals surface area contributed by atoms with Crippen LogP contribution in [-0.2, 0) is 6.42 Å². The molecule has 0 bridgehead atoms. The van der Waals surface area contributed by atoms with E-state index in [2.05, 4.69) is 41.6 Å². The van der Waals surface area contributed by atoms with Gasteiger partial charge in [-0.05, 0) is 36.1 Å². The van der Waals surface area contributed by atoms with E-state index in [0.717, 1.165) is 23.1 Å². The van der Waals surface area contributed by atoms with Gasteiger partial charge in [-0.25, -0.2) is 10.4 Å². The molecule has 5 N–H and O–H groups in total. The number of benzene rings is 1. The molecule has 1 unspecified atom stereocenters. The number of nitrogens with one attached hydrogen (secondary N) is 1. The van der Waals surface area contributed by atoms with Gasteiger partial charge >= 0.3 is 0 Å². The third-order valence-electron chi connectivity index (χ3n) is 3.29. The quantitative estimate of drug-likeness (QED) is 0.578. The summed E-state index contributed by atoms with van der Waals surface area (Å²) in [4.78, 5) is 4.19. The molecule has 4 heteroatoms. The first-order valence-corrected chi connectivity index (χ1v) is 6.42. The molecule has 0 fully saturated rings. The molecule has 0 saturated heterocycles. The molecule has 0 radical (unpaired) electrons. The topological polar surface area (TPSA) is 77.0 Å². The summed E-state index contributed by atoms with van der Waals surface area (Å²) in [7, 11) is 0. The van der Waals surface area contributed by atoms with Crippen molar-refractivity contribution in [3.05, 3.63) is 58.8 Å². The van der Waals surface area contributed by atoms with Gasteiger partial charge in [-0.3, -0.25) is 5.84 Å². The third-order valence-corrected chi connectivity index (χ3v) is 3.29. The highest BCUT2D eigenvalue weighted by atomic mass is 15.2. The largest absolute Gasteiger partial charge is 0.383 e. The molecule has 0 saturated carbocycles. The van der Waals surface area contributed by atoms with E-state index in [0.29, 0.717) is 5.82 Å². The van der Waals surface area contributed by atoms with Gasteiger partial charge in [0.05, 0.1) is 6.04 Å². The van der Waals surface area contributed by atoms with E-state index < -0.39 is 0 Å². The van der Waals surface area contributed by atoms with Gasteiger partial charge < -0.3 is 5.73 Å². The predicted molar refractivity (Wildman–Crippen MR) is 78.4 cm³/mol. The number of nitrogens with zero attached hydrogens (tertiary/aromatic N) is 1. The van der Waals surface area contributed by atoms with Crippen LogP contribution in [0.3, 0.4) is 0 Å². The molecule has 100 valence electrons. The molecule has 1 heterocycles. The zero-order valence-electron chi connectivity index (χ0n) is 11.4. The summed E-state index contributed by atoms with van der Waals surface area (Å²) in [5.74, 6) is 6.20. The lowest BCUT2D eigenvalue weighted by Crippen LogP contribution is -2.29. The molecule has 1 atom stereocenters. The van der Waals surface area contributed by atoms with Crippen molar-refractivity contribution in [2.24, 2.45) is 5.84 Å². The summed E-state index contributed by atoms with van der Waals surface area (Å²) < 4.78 is 0. The molecule has 2 aromatic rings. The molecule has 2 rings (SSSR count). The summed E-state index contributed by atoms with van der Waals surface area (Å²) in [6.45, 7) is 4.12. The van der Waals surface area contributed by atoms with E-state index in [9.17, 15) is 0 Å². The van der Waals surface area contributed by atoms with Gasteiger partial charge in [0.2, 0.25) is 0 Å². The van der Waals surface area contributed by atoms with Crippen LogP contribution in [0.2, 0.25) is 0 Å². The maximum Gasteiger partial charge on any atom is 0.128 e. The average Bonchev–Trinajstić information content (AvgIpc) is 2.44. The van der Waals surface area contributed by atoms with Gasteiger partial charge in [0, 0.05) is 11.8 Å². The van der Waals surface area contributed by atoms with E-state index >= 15 is 0 Å². The minimum atomic E-state index is -0.140. The molecule has 0 spiro atoms. The lowest BCUT2D eigenvalue weighted by atomic mass is 9.97. The van der Waals surface area contributed by atoms with E-state index in [-0.39, 0.29) is 6.04 Å². The standard InChI is InChI=1S/C15H20N4/c1-3-11-4-6-12(7-5-11)14(19-17)13-8-10(2)9-18-15(13)16/h4-9,14,19H,3,17H2,1-2H3,(H2,16,18). The fourth-order valence-corrected chi connectivity index (χ4v) is 2.14. The monoisotopic (exact) mass is 256 g/mol. The van der Waals surface area contributed by atoms with Crippen LogP contribution in [0.4, 0.5) is 5.82 Å². The summed E-state index contributed by atoms with van der Waals surface area (Å²) >= 11 is 0. The van der Waals surface area contributed by atoms with Gasteiger partial charge in [0.15, 0.2) is 0 Å². The molecule has 1 aromatic heterocycles. The fraction of sp³-hybridized carbons (Fsp3) is 0.267. The normalized spacial score (nSPS) is 12.4. The summed E-state index contributed by atoms with van der Waals surface area (Å²) in [5, 5.41) is 0. The van der Waals surface area contributed by atoms with E-state index in [1.807, 2.05) is 13.0 Å². The van der Waals surface area contributed by atoms with Crippen molar-refractivity contribution < 1.29 is 0 Å². The second-order valence-electron chi connectivity index (χ2n) is 4.68. The zero-order valence-corrected chi connectivity index (χ0v) is 11.4. The van der Waals surface area contributed by atoms with E-state index in [4.69, 9.17) is 11.6 Å². The van der Waals surface area contributed by atoms with Gasteiger partial charge in [0.25, 0.3) is 0 Å². The van der Waals surface area contributed by atoms with E-state index in [1.54, 1.807) is 6.20 Å². The second-order valence-corrected chi connectivity index (χ2v) is 4.68. The van der Waals surface area contributed by atoms with Crippen LogP contribution >= 0.6 is 0 Å². The number of hydrazine groups is 1. The zero-order chi connectivity index (χ0) is 13.8. The van der Waals surface area contributed by atoms with Crippen molar-refractivity contribution in [3.8, 4) is 0 Å². The summed E-state index contributed by atoms with van der Waals surface area (Å²) in [6.07, 6.45) is 2.78. The molecule has 4 nitrogen and oxygen atoms in total. The maximum atomic E-state index is 5.95. The fourth-order valence-electron chi connectivity index (χ4n) is 2.14. The number of nitrogen functional groups attached to an aromatic ring is 1. The van der Waals surface area contributed by atoms with Crippen molar-refractivity contribution in [1.82, 2.24) is 10.4 Å². The van der Waals surface area contributed by atoms with Gasteiger partial charge in [0.1, 0.15) is 5.82 Å². The van der Waals surface area contributed by atoms with Crippen molar-refractivity contribution >= 4 is 5.82 Å². The lowest BCUT2D eigenvalue weighted by molar-refractivity contribution is 0.636. The molecule has 0 aliphatic carbocycles. The summed E-state index contributed by atoms with van der Waals surface area (Å²) in [6, 6.07) is 10.2. The smallest absolute Gasteiger partial charge is 0.128 e. The second kappa shape index (κ2) is 5.82. The Morgan fingerprint density at radius 2 is 1.95 bits per heavy atom. The Morgan fingerprint density at radius 1 is 1.26 bits per heavy atom. The Morgan fingerprint density at radius 3 is 2.53 bits per heavy atom. The Hall–Kier alpha value is -1.91. The number of hydrogen-bond acceptors (Lipinski definition) is 4. The van der Waals surface area contributed by atoms with Gasteiger partial charge in [-0.15, -0.1) is 0 Å². The van der Waals surface area contributed by atoms with Crippen molar-refractivity contribution in [2.75, 3.05) is 5.73 Å². The highest BCUT2D eigenvalue weighted by Crippen LogP contribution is 2.26. The Bertz CT molecular complexity index is 549. The first-order valence-electron chi connectivity index (χ1n) is 6.42. The molecule has 1 aromatic carbocycles. The highest BCUT2D eigenvalue weighted by Gasteiger charge is 2.16. The molecule has 0 amide bonds. The lowest BCUT2D eigenvalue weighted by Gasteiger charge is -2.19. The van der Waals surface area contributed by atoms with Crippen LogP contribution in [0.25, 0.3) is 0 Å². The first-order chi connectivity index (χ1) is 9.15. The number of rotatable bonds is 4. The molecular formula is C15H20N4. The van der Waals surface area contributed by atoms with Gasteiger partial charge in [-0.2, -0.15) is 0 Å². The van der Waals surface area contributed by atoms with Gasteiger partial charge in [-0.1, -0.05) is 31.2 Å². The van der Waals surface area contributed by atoms with Crippen LogP contribution in [0.1, 0.15) is 35.2 Å². The molecule has 0 aliphatic rings. The average molecular weight is 256 g/mol. The number of nitrogens with two attached hydrogens (primary N) is 2. The Labute approximate surface area is 113 Å². The number of pyridine rings is 1. The highest BCUT2D eigenvalue weighted by molar-refractivity contribution is 5.47. The van der Waals surface area contributed by atoms with Crippen LogP contribution in [0, 0.1) is 6.92 Å². The van der Waals surface area contributed by atoms with Crippen LogP contribution in [-0.4, -0.2) is 4.98 Å². The van der Waals surface area contributed by atoms with Crippen molar-refractivity contribution in [2.45, 2.75) is 26.3 Å². The molecule has 0 aliphatic heterocycles. The minimum absolute atomic E-state index is 0.140. The maximum absolute atomic E-state index is 5.95. The number of hydrogen-bond donors (Lipinski definition) is 3. The summed E-state index contributed by atoms with van der Waals surface area (Å²) in [5.41, 5.74) is 13.1. The first kappa shape index (κ1) is 13.5. The van der Waals surface area contributed by atoms with Crippen molar-refractivity contribution in [3.63, 3.8) is 0 Å². The van der Waals surface area contributed by atoms with Crippen LogP contribution < -0.4 is 17.0 Å². The Balaban J connectivity index is 2.40. The number of aromatic nitrogens is 1. The SMILES string of the molecule is CCc1ccc(C(NN)c2cc(C)cnc2N)cc1. The number of anilines is 1. The Kier molecular flexibility index (Phi) is 4.14. The van der Waals surface area contributed by atoms with Crippen LogP contribution in [0.5, 0.6) is 0 Å².